The van der Waals surface area contributed by atoms with Gasteiger partial charge in [-0.25, -0.2) is 4.39 Å². The molecule has 0 aromatic heterocycles. The molecule has 0 radical (unpaired) electrons. The molecule has 2 aromatic rings. The van der Waals surface area contributed by atoms with Gasteiger partial charge in [0.1, 0.15) is 5.82 Å². The summed E-state index contributed by atoms with van der Waals surface area (Å²) in [4.78, 5) is 17.2. The van der Waals surface area contributed by atoms with E-state index in [2.05, 4.69) is 22.2 Å². The lowest BCUT2D eigenvalue weighted by atomic mass is 10.0. The van der Waals surface area contributed by atoms with Crippen LogP contribution in [0.15, 0.2) is 42.5 Å². The van der Waals surface area contributed by atoms with Gasteiger partial charge in [0.2, 0.25) is 6.79 Å². The first-order valence-electron chi connectivity index (χ1n) is 9.46. The highest BCUT2D eigenvalue weighted by Gasteiger charge is 2.26. The predicted octanol–water partition coefficient (Wildman–Crippen LogP) is 2.27. The Balaban J connectivity index is 1.52. The number of hydrogen-bond acceptors (Lipinski definition) is 5. The molecule has 2 aromatic carbocycles. The SMILES string of the molecule is CN1CCN(C(CNC(=O)c2cccc(F)c2)c2ccc3c(c2)OCO3)CC1. The van der Waals surface area contributed by atoms with E-state index in [1.165, 1.54) is 12.1 Å². The van der Waals surface area contributed by atoms with Crippen LogP contribution in [-0.2, 0) is 0 Å². The zero-order chi connectivity index (χ0) is 19.5. The van der Waals surface area contributed by atoms with Crippen LogP contribution in [0.2, 0.25) is 0 Å². The number of carbonyl (C=O) groups excluding carboxylic acids is 1. The maximum atomic E-state index is 13.4. The van der Waals surface area contributed by atoms with Gasteiger partial charge in [-0.2, -0.15) is 0 Å². The number of nitrogens with zero attached hydrogens (tertiary/aromatic N) is 2. The molecule has 1 unspecified atom stereocenters. The van der Waals surface area contributed by atoms with Crippen LogP contribution in [0.4, 0.5) is 4.39 Å². The molecule has 0 spiro atoms. The topological polar surface area (TPSA) is 54.0 Å². The van der Waals surface area contributed by atoms with Crippen molar-refractivity contribution in [2.24, 2.45) is 0 Å². The van der Waals surface area contributed by atoms with E-state index >= 15 is 0 Å². The van der Waals surface area contributed by atoms with Crippen molar-refractivity contribution in [3.8, 4) is 11.5 Å². The zero-order valence-electron chi connectivity index (χ0n) is 15.9. The molecule has 1 atom stereocenters. The molecular weight excluding hydrogens is 361 g/mol. The molecule has 1 amide bonds. The first kappa shape index (κ1) is 18.7. The smallest absolute Gasteiger partial charge is 0.251 e. The second-order valence-corrected chi connectivity index (χ2v) is 7.19. The molecule has 7 heteroatoms. The van der Waals surface area contributed by atoms with Gasteiger partial charge in [-0.3, -0.25) is 9.69 Å². The lowest BCUT2D eigenvalue weighted by Gasteiger charge is -2.38. The number of nitrogens with one attached hydrogen (secondary N) is 1. The van der Waals surface area contributed by atoms with Gasteiger partial charge in [0.15, 0.2) is 11.5 Å². The fourth-order valence-corrected chi connectivity index (χ4v) is 3.63. The first-order valence-corrected chi connectivity index (χ1v) is 9.46. The molecule has 2 aliphatic rings. The average Bonchev–Trinajstić information content (AvgIpc) is 3.17. The van der Waals surface area contributed by atoms with Crippen molar-refractivity contribution in [3.63, 3.8) is 0 Å². The number of ether oxygens (including phenoxy) is 2. The highest BCUT2D eigenvalue weighted by Crippen LogP contribution is 2.35. The molecule has 28 heavy (non-hydrogen) atoms. The number of rotatable bonds is 5. The van der Waals surface area contributed by atoms with Crippen LogP contribution in [0, 0.1) is 5.82 Å². The van der Waals surface area contributed by atoms with Crippen LogP contribution >= 0.6 is 0 Å². The fraction of sp³-hybridized carbons (Fsp3) is 0.381. The van der Waals surface area contributed by atoms with Crippen LogP contribution in [0.25, 0.3) is 0 Å². The largest absolute Gasteiger partial charge is 0.454 e. The predicted molar refractivity (Wildman–Crippen MR) is 103 cm³/mol. The lowest BCUT2D eigenvalue weighted by Crippen LogP contribution is -2.48. The van der Waals surface area contributed by atoms with E-state index in [4.69, 9.17) is 9.47 Å². The minimum Gasteiger partial charge on any atom is -0.454 e. The number of benzene rings is 2. The van der Waals surface area contributed by atoms with Crippen LogP contribution in [0.5, 0.6) is 11.5 Å². The zero-order valence-corrected chi connectivity index (χ0v) is 15.9. The minimum atomic E-state index is -0.418. The Bertz CT molecular complexity index is 853. The number of fused-ring (bicyclic) bond motifs is 1. The van der Waals surface area contributed by atoms with E-state index < -0.39 is 5.82 Å². The summed E-state index contributed by atoms with van der Waals surface area (Å²) >= 11 is 0. The molecular formula is C21H24FN3O3. The van der Waals surface area contributed by atoms with Gasteiger partial charge in [0.05, 0.1) is 6.04 Å². The minimum absolute atomic E-state index is 0.000657. The normalized spacial score (nSPS) is 18.1. The highest BCUT2D eigenvalue weighted by atomic mass is 19.1. The molecule has 2 heterocycles. The Labute approximate surface area is 163 Å². The first-order chi connectivity index (χ1) is 13.6. The summed E-state index contributed by atoms with van der Waals surface area (Å²) in [5.41, 5.74) is 1.39. The molecule has 0 saturated carbocycles. The number of amides is 1. The van der Waals surface area contributed by atoms with Gasteiger partial charge >= 0.3 is 0 Å². The summed E-state index contributed by atoms with van der Waals surface area (Å²) in [6.45, 7) is 4.42. The number of hydrogen-bond donors (Lipinski definition) is 1. The van der Waals surface area contributed by atoms with Crippen molar-refractivity contribution in [2.45, 2.75) is 6.04 Å². The number of likely N-dealkylation sites (N-methyl/N-ethyl adjacent to an activating group) is 1. The van der Waals surface area contributed by atoms with Crippen LogP contribution in [0.3, 0.4) is 0 Å². The molecule has 2 aliphatic heterocycles. The third-order valence-corrected chi connectivity index (χ3v) is 5.30. The number of carbonyl (C=O) groups is 1. The van der Waals surface area contributed by atoms with Crippen LogP contribution < -0.4 is 14.8 Å². The van der Waals surface area contributed by atoms with Gasteiger partial charge in [-0.1, -0.05) is 12.1 Å². The number of piperazine rings is 1. The highest BCUT2D eigenvalue weighted by molar-refractivity contribution is 5.94. The van der Waals surface area contributed by atoms with Crippen LogP contribution in [-0.4, -0.2) is 62.3 Å². The van der Waals surface area contributed by atoms with Crippen molar-refractivity contribution in [3.05, 3.63) is 59.4 Å². The van der Waals surface area contributed by atoms with Crippen LogP contribution in [0.1, 0.15) is 22.0 Å². The summed E-state index contributed by atoms with van der Waals surface area (Å²) in [6, 6.07) is 11.7. The molecule has 1 saturated heterocycles. The monoisotopic (exact) mass is 385 g/mol. The van der Waals surface area contributed by atoms with Crippen molar-refractivity contribution in [1.29, 1.82) is 0 Å². The molecule has 1 fully saturated rings. The van der Waals surface area contributed by atoms with Gasteiger partial charge in [-0.15, -0.1) is 0 Å². The molecule has 148 valence electrons. The van der Waals surface area contributed by atoms with Gasteiger partial charge < -0.3 is 19.7 Å². The number of halogens is 1. The molecule has 1 N–H and O–H groups in total. The second-order valence-electron chi connectivity index (χ2n) is 7.19. The van der Waals surface area contributed by atoms with Crippen molar-refractivity contribution in [1.82, 2.24) is 15.1 Å². The summed E-state index contributed by atoms with van der Waals surface area (Å²) in [5.74, 6) is 0.774. The summed E-state index contributed by atoms with van der Waals surface area (Å²) < 4.78 is 24.4. The van der Waals surface area contributed by atoms with Gasteiger partial charge in [0.25, 0.3) is 5.91 Å². The summed E-state index contributed by atoms with van der Waals surface area (Å²) in [6.07, 6.45) is 0. The lowest BCUT2D eigenvalue weighted by molar-refractivity contribution is 0.0885. The third-order valence-electron chi connectivity index (χ3n) is 5.30. The summed E-state index contributed by atoms with van der Waals surface area (Å²) in [7, 11) is 2.11. The second kappa shape index (κ2) is 8.16. The van der Waals surface area contributed by atoms with E-state index in [-0.39, 0.29) is 18.7 Å². The fourth-order valence-electron chi connectivity index (χ4n) is 3.63. The molecule has 6 nitrogen and oxygen atoms in total. The van der Waals surface area contributed by atoms with Gasteiger partial charge in [-0.05, 0) is 42.9 Å². The Morgan fingerprint density at radius 3 is 2.68 bits per heavy atom. The standard InChI is InChI=1S/C21H24FN3O3/c1-24-7-9-25(10-8-24)18(15-5-6-19-20(12-15)28-14-27-19)13-23-21(26)16-3-2-4-17(22)11-16/h2-6,11-12,18H,7-10,13-14H2,1H3,(H,23,26). The average molecular weight is 385 g/mol. The van der Waals surface area contributed by atoms with E-state index in [9.17, 15) is 9.18 Å². The molecule has 4 rings (SSSR count). The quantitative estimate of drug-likeness (QED) is 0.856. The van der Waals surface area contributed by atoms with E-state index in [0.717, 1.165) is 43.2 Å². The maximum Gasteiger partial charge on any atom is 0.251 e. The van der Waals surface area contributed by atoms with E-state index in [0.29, 0.717) is 12.1 Å². The maximum absolute atomic E-state index is 13.4. The van der Waals surface area contributed by atoms with Crippen molar-refractivity contribution in [2.75, 3.05) is 46.6 Å². The van der Waals surface area contributed by atoms with Gasteiger partial charge in [0, 0.05) is 38.3 Å². The Morgan fingerprint density at radius 1 is 1.11 bits per heavy atom. The van der Waals surface area contributed by atoms with Crippen molar-refractivity contribution < 1.29 is 18.7 Å². The Hall–Kier alpha value is -2.64. The molecule has 0 aliphatic carbocycles. The van der Waals surface area contributed by atoms with E-state index in [1.807, 2.05) is 18.2 Å². The Morgan fingerprint density at radius 2 is 1.89 bits per heavy atom. The molecule has 0 bridgehead atoms. The Kier molecular flexibility index (Phi) is 5.45. The van der Waals surface area contributed by atoms with E-state index in [1.54, 1.807) is 12.1 Å². The summed E-state index contributed by atoms with van der Waals surface area (Å²) in [5, 5.41) is 2.97. The van der Waals surface area contributed by atoms with Crippen molar-refractivity contribution >= 4 is 5.91 Å². The third kappa shape index (κ3) is 4.10.